The van der Waals surface area contributed by atoms with Gasteiger partial charge in [-0.05, 0) is 0 Å². The average molecular weight is 194 g/mol. The second-order valence-electron chi connectivity index (χ2n) is 0.408. The smallest absolute Gasteiger partial charge is 0.147 e. The van der Waals surface area contributed by atoms with Crippen LogP contribution in [0, 0.1) is 0 Å². The van der Waals surface area contributed by atoms with E-state index in [9.17, 15) is 0 Å². The van der Waals surface area contributed by atoms with E-state index in [-0.39, 0.29) is 12.4 Å². The van der Waals surface area contributed by atoms with Crippen LogP contribution in [0.25, 0.3) is 0 Å². The van der Waals surface area contributed by atoms with E-state index in [1.807, 2.05) is 0 Å². The first-order valence-electron chi connectivity index (χ1n) is 0.816. The fourth-order valence-corrected chi connectivity index (χ4v) is 0. The SMILES string of the molecule is C[Te]C.Cl. The summed E-state index contributed by atoms with van der Waals surface area (Å²) >= 11 is 0.470. The van der Waals surface area contributed by atoms with Crippen molar-refractivity contribution in [3.63, 3.8) is 0 Å². The Morgan fingerprint density at radius 1 is 1.25 bits per heavy atom. The zero-order chi connectivity index (χ0) is 2.71. The van der Waals surface area contributed by atoms with Crippen molar-refractivity contribution in [2.24, 2.45) is 0 Å². The molecule has 0 saturated carbocycles. The average Bonchev–Trinajstić information content (AvgIpc) is 0.918. The van der Waals surface area contributed by atoms with Gasteiger partial charge in [-0.3, -0.25) is 0 Å². The standard InChI is InChI=1S/C2H6Te.ClH/c1-3-2;/h1-2H3;1H. The summed E-state index contributed by atoms with van der Waals surface area (Å²) in [6.45, 7) is 0. The minimum Gasteiger partial charge on any atom is -0.147 e. The fourth-order valence-electron chi connectivity index (χ4n) is 0. The van der Waals surface area contributed by atoms with Crippen molar-refractivity contribution in [3.8, 4) is 0 Å². The normalized spacial score (nSPS) is 4.50. The van der Waals surface area contributed by atoms with Crippen molar-refractivity contribution < 1.29 is 0 Å². The second-order valence-corrected chi connectivity index (χ2v) is 2.74. The van der Waals surface area contributed by atoms with E-state index in [2.05, 4.69) is 9.94 Å². The molecule has 4 heavy (non-hydrogen) atoms. The Morgan fingerprint density at radius 2 is 1.25 bits per heavy atom. The van der Waals surface area contributed by atoms with Gasteiger partial charge in [0.15, 0.2) is 0 Å². The first-order chi connectivity index (χ1) is 1.41. The molecule has 0 unspecified atom stereocenters. The summed E-state index contributed by atoms with van der Waals surface area (Å²) in [6.07, 6.45) is 0. The molecule has 0 heterocycles. The van der Waals surface area contributed by atoms with Crippen LogP contribution in [0.15, 0.2) is 0 Å². The monoisotopic (exact) mass is 196 g/mol. The minimum absolute atomic E-state index is 0. The molecule has 0 amide bonds. The topological polar surface area (TPSA) is 0 Å². The van der Waals surface area contributed by atoms with E-state index in [0.29, 0.717) is 20.9 Å². The molecule has 0 bridgehead atoms. The van der Waals surface area contributed by atoms with Crippen LogP contribution in [0.5, 0.6) is 0 Å². The predicted molar refractivity (Wildman–Crippen MR) is 24.7 cm³/mol. The van der Waals surface area contributed by atoms with Crippen molar-refractivity contribution in [1.29, 1.82) is 0 Å². The molecule has 0 spiro atoms. The molecule has 0 saturated heterocycles. The van der Waals surface area contributed by atoms with Gasteiger partial charge in [0.25, 0.3) is 0 Å². The number of rotatable bonds is 0. The summed E-state index contributed by atoms with van der Waals surface area (Å²) in [7, 11) is 0. The van der Waals surface area contributed by atoms with Crippen molar-refractivity contribution in [2.75, 3.05) is 0 Å². The summed E-state index contributed by atoms with van der Waals surface area (Å²) in [5.74, 6) is 0. The van der Waals surface area contributed by atoms with Crippen molar-refractivity contribution >= 4 is 33.3 Å². The summed E-state index contributed by atoms with van der Waals surface area (Å²) in [5, 5.41) is 0. The van der Waals surface area contributed by atoms with Gasteiger partial charge in [-0.1, -0.05) is 0 Å². The molecule has 0 aromatic carbocycles. The Labute approximate surface area is 43.5 Å². The van der Waals surface area contributed by atoms with Crippen molar-refractivity contribution in [1.82, 2.24) is 0 Å². The van der Waals surface area contributed by atoms with E-state index in [1.54, 1.807) is 0 Å². The Bertz CT molecular complexity index is 6.00. The van der Waals surface area contributed by atoms with Crippen LogP contribution in [0.1, 0.15) is 0 Å². The van der Waals surface area contributed by atoms with Gasteiger partial charge in [0.05, 0.1) is 0 Å². The predicted octanol–water partition coefficient (Wildman–Crippen LogP) is 1.21. The minimum atomic E-state index is 0. The molecule has 0 aromatic heterocycles. The van der Waals surface area contributed by atoms with Gasteiger partial charge in [0.2, 0.25) is 0 Å². The molecule has 28 valence electrons. The summed E-state index contributed by atoms with van der Waals surface area (Å²) in [6, 6.07) is 0. The molecule has 0 N–H and O–H groups in total. The largest absolute Gasteiger partial charge is 0.147 e. The van der Waals surface area contributed by atoms with Crippen LogP contribution < -0.4 is 0 Å². The Balaban J connectivity index is 0. The molecule has 0 aliphatic rings. The van der Waals surface area contributed by atoms with E-state index < -0.39 is 0 Å². The zero-order valence-electron chi connectivity index (χ0n) is 2.82. The number of hydrogen-bond donors (Lipinski definition) is 0. The maximum atomic E-state index is 2.26. The molecule has 0 aliphatic carbocycles. The molecule has 0 radical (unpaired) electrons. The molecule has 0 fully saturated rings. The third kappa shape index (κ3) is 11.4. The first kappa shape index (κ1) is 8.91. The van der Waals surface area contributed by atoms with Crippen LogP contribution >= 0.6 is 12.4 Å². The fraction of sp³-hybridized carbons (Fsp3) is 1.00. The molecule has 0 aliphatic heterocycles. The van der Waals surface area contributed by atoms with Gasteiger partial charge in [-0.25, -0.2) is 0 Å². The third-order valence-electron chi connectivity index (χ3n) is 0. The summed E-state index contributed by atoms with van der Waals surface area (Å²) < 4.78 is 0. The van der Waals surface area contributed by atoms with Crippen LogP contribution in [-0.4, -0.2) is 20.9 Å². The maximum Gasteiger partial charge on any atom is -0.147 e. The second kappa shape index (κ2) is 8.95. The molecule has 0 atom stereocenters. The Kier molecular flexibility index (Phi) is 19.9. The van der Waals surface area contributed by atoms with E-state index in [0.717, 1.165) is 0 Å². The summed E-state index contributed by atoms with van der Waals surface area (Å²) in [5.41, 5.74) is 0. The van der Waals surface area contributed by atoms with Crippen molar-refractivity contribution in [3.05, 3.63) is 0 Å². The van der Waals surface area contributed by atoms with Gasteiger partial charge < -0.3 is 0 Å². The van der Waals surface area contributed by atoms with Gasteiger partial charge >= 0.3 is 30.9 Å². The molecular formula is C2H7ClTe. The zero-order valence-corrected chi connectivity index (χ0v) is 5.96. The number of hydrogen-bond acceptors (Lipinski definition) is 0. The van der Waals surface area contributed by atoms with Crippen molar-refractivity contribution in [2.45, 2.75) is 9.94 Å². The molecule has 0 nitrogen and oxygen atoms in total. The van der Waals surface area contributed by atoms with Gasteiger partial charge in [0, 0.05) is 0 Å². The first-order valence-corrected chi connectivity index (χ1v) is 5.48. The van der Waals surface area contributed by atoms with Crippen LogP contribution in [-0.2, 0) is 0 Å². The van der Waals surface area contributed by atoms with E-state index >= 15 is 0 Å². The molecule has 0 rings (SSSR count). The van der Waals surface area contributed by atoms with Crippen LogP contribution in [0.3, 0.4) is 0 Å². The van der Waals surface area contributed by atoms with E-state index in [1.165, 1.54) is 0 Å². The molecule has 2 heteroatoms. The van der Waals surface area contributed by atoms with Gasteiger partial charge in [-0.15, -0.1) is 12.4 Å². The quantitative estimate of drug-likeness (QED) is 0.508. The summed E-state index contributed by atoms with van der Waals surface area (Å²) in [4.78, 5) is 4.51. The Hall–Kier alpha value is 1.08. The maximum absolute atomic E-state index is 2.26. The molecule has 0 aromatic rings. The number of halogens is 1. The third-order valence-corrected chi connectivity index (χ3v) is 0. The van der Waals surface area contributed by atoms with Gasteiger partial charge in [-0.2, -0.15) is 0 Å². The van der Waals surface area contributed by atoms with Gasteiger partial charge in [0.1, 0.15) is 0 Å². The van der Waals surface area contributed by atoms with E-state index in [4.69, 9.17) is 0 Å². The molecular weight excluding hydrogens is 187 g/mol. The van der Waals surface area contributed by atoms with Crippen LogP contribution in [0.2, 0.25) is 9.94 Å². The van der Waals surface area contributed by atoms with Crippen LogP contribution in [0.4, 0.5) is 0 Å². The Morgan fingerprint density at radius 3 is 1.25 bits per heavy atom.